The fraction of sp³-hybridized carbons (Fsp3) is 0.500. The molecule has 1 aromatic rings. The van der Waals surface area contributed by atoms with Gasteiger partial charge in [-0.1, -0.05) is 13.3 Å². The first-order valence-corrected chi connectivity index (χ1v) is 6.94. The third-order valence-corrected chi connectivity index (χ3v) is 3.83. The van der Waals surface area contributed by atoms with Crippen molar-refractivity contribution in [1.82, 2.24) is 0 Å². The highest BCUT2D eigenvalue weighted by Gasteiger charge is 2.42. The average Bonchev–Trinajstić information content (AvgIpc) is 2.26. The van der Waals surface area contributed by atoms with Gasteiger partial charge in [-0.05, 0) is 41.1 Å². The van der Waals surface area contributed by atoms with E-state index >= 15 is 0 Å². The molecule has 1 aliphatic rings. The molecule has 0 aromatic heterocycles. The first-order chi connectivity index (χ1) is 8.45. The number of hydrogen-bond donors (Lipinski definition) is 1. The van der Waals surface area contributed by atoms with Gasteiger partial charge in [0.15, 0.2) is 0 Å². The molecule has 1 saturated heterocycles. The highest BCUT2D eigenvalue weighted by Crippen LogP contribution is 2.37. The van der Waals surface area contributed by atoms with Crippen molar-refractivity contribution in [3.05, 3.63) is 31.9 Å². The zero-order valence-corrected chi connectivity index (χ0v) is 12.3. The molecule has 5 nitrogen and oxygen atoms in total. The molecule has 1 aromatic carbocycles. The topological polar surface area (TPSA) is 66.6 Å². The second kappa shape index (κ2) is 5.00. The molecule has 0 saturated carbocycles. The molecule has 1 fully saturated rings. The number of aliphatic hydroxyl groups is 1. The summed E-state index contributed by atoms with van der Waals surface area (Å²) in [5, 5.41) is 21.1. The largest absolute Gasteiger partial charge is 0.386 e. The maximum Gasteiger partial charge on any atom is 0.293 e. The quantitative estimate of drug-likeness (QED) is 0.508. The van der Waals surface area contributed by atoms with Gasteiger partial charge in [-0.25, -0.2) is 0 Å². The molecule has 0 bridgehead atoms. The molecular formula is C12H15IN2O3. The third-order valence-electron chi connectivity index (χ3n) is 3.16. The lowest BCUT2D eigenvalue weighted by atomic mass is 9.88. The molecule has 0 radical (unpaired) electrons. The van der Waals surface area contributed by atoms with E-state index in [4.69, 9.17) is 0 Å². The lowest BCUT2D eigenvalue weighted by molar-refractivity contribution is -0.384. The summed E-state index contributed by atoms with van der Waals surface area (Å²) in [6.07, 6.45) is 1.65. The van der Waals surface area contributed by atoms with Crippen molar-refractivity contribution in [3.63, 3.8) is 0 Å². The van der Waals surface area contributed by atoms with Crippen LogP contribution in [0.15, 0.2) is 18.2 Å². The van der Waals surface area contributed by atoms with Crippen LogP contribution >= 0.6 is 22.6 Å². The van der Waals surface area contributed by atoms with Gasteiger partial charge in [0.1, 0.15) is 5.69 Å². The lowest BCUT2D eigenvalue weighted by Crippen LogP contribution is -2.62. The minimum Gasteiger partial charge on any atom is -0.386 e. The van der Waals surface area contributed by atoms with Gasteiger partial charge in [0.05, 0.1) is 10.5 Å². The number of nitro benzene ring substituents is 1. The smallest absolute Gasteiger partial charge is 0.293 e. The minimum atomic E-state index is -0.675. The van der Waals surface area contributed by atoms with E-state index in [9.17, 15) is 15.2 Å². The van der Waals surface area contributed by atoms with Crippen molar-refractivity contribution in [3.8, 4) is 0 Å². The number of benzene rings is 1. The normalized spacial score (nSPS) is 17.4. The van der Waals surface area contributed by atoms with E-state index in [0.717, 1.165) is 16.4 Å². The van der Waals surface area contributed by atoms with Gasteiger partial charge in [0.2, 0.25) is 0 Å². The maximum atomic E-state index is 11.0. The molecule has 1 N–H and O–H groups in total. The van der Waals surface area contributed by atoms with Crippen LogP contribution in [0.5, 0.6) is 0 Å². The maximum absolute atomic E-state index is 11.0. The van der Waals surface area contributed by atoms with Crippen molar-refractivity contribution >= 4 is 34.0 Å². The number of anilines is 1. The third kappa shape index (κ3) is 2.59. The van der Waals surface area contributed by atoms with Crippen molar-refractivity contribution in [2.24, 2.45) is 0 Å². The van der Waals surface area contributed by atoms with Crippen LogP contribution in [0.25, 0.3) is 0 Å². The number of halogens is 1. The Kier molecular flexibility index (Phi) is 3.76. The van der Waals surface area contributed by atoms with Gasteiger partial charge >= 0.3 is 0 Å². The fourth-order valence-electron chi connectivity index (χ4n) is 2.37. The zero-order valence-electron chi connectivity index (χ0n) is 10.1. The van der Waals surface area contributed by atoms with E-state index in [2.05, 4.69) is 22.6 Å². The molecule has 0 amide bonds. The zero-order chi connectivity index (χ0) is 13.3. The molecule has 18 heavy (non-hydrogen) atoms. The summed E-state index contributed by atoms with van der Waals surface area (Å²) in [6, 6.07) is 5.17. The Morgan fingerprint density at radius 3 is 2.78 bits per heavy atom. The first-order valence-electron chi connectivity index (χ1n) is 5.86. The number of hydrogen-bond acceptors (Lipinski definition) is 4. The number of nitro groups is 1. The summed E-state index contributed by atoms with van der Waals surface area (Å²) in [6.45, 7) is 2.97. The van der Waals surface area contributed by atoms with Crippen molar-refractivity contribution < 1.29 is 10.0 Å². The fourth-order valence-corrected chi connectivity index (χ4v) is 2.84. The van der Waals surface area contributed by atoms with Crippen LogP contribution in [0.3, 0.4) is 0 Å². The summed E-state index contributed by atoms with van der Waals surface area (Å²) in [4.78, 5) is 12.5. The summed E-state index contributed by atoms with van der Waals surface area (Å²) < 4.78 is 0.840. The molecule has 2 rings (SSSR count). The molecular weight excluding hydrogens is 347 g/mol. The van der Waals surface area contributed by atoms with Gasteiger partial charge in [0.25, 0.3) is 5.69 Å². The Morgan fingerprint density at radius 1 is 1.56 bits per heavy atom. The Morgan fingerprint density at radius 2 is 2.22 bits per heavy atom. The van der Waals surface area contributed by atoms with E-state index in [1.807, 2.05) is 17.9 Å². The van der Waals surface area contributed by atoms with Gasteiger partial charge in [-0.2, -0.15) is 0 Å². The molecule has 0 aliphatic carbocycles. The molecule has 0 atom stereocenters. The molecule has 6 heteroatoms. The molecule has 98 valence electrons. The monoisotopic (exact) mass is 362 g/mol. The van der Waals surface area contributed by atoms with Crippen LogP contribution in [0.1, 0.15) is 19.8 Å². The molecule has 1 heterocycles. The van der Waals surface area contributed by atoms with Crippen molar-refractivity contribution in [1.29, 1.82) is 0 Å². The van der Waals surface area contributed by atoms with E-state index < -0.39 is 5.60 Å². The van der Waals surface area contributed by atoms with Gasteiger partial charge in [0, 0.05) is 22.7 Å². The van der Waals surface area contributed by atoms with Gasteiger partial charge < -0.3 is 10.0 Å². The Hall–Kier alpha value is -0.890. The highest BCUT2D eigenvalue weighted by atomic mass is 127. The van der Waals surface area contributed by atoms with Crippen LogP contribution in [0, 0.1) is 13.7 Å². The van der Waals surface area contributed by atoms with Gasteiger partial charge in [-0.3, -0.25) is 10.1 Å². The molecule has 1 aliphatic heterocycles. The van der Waals surface area contributed by atoms with E-state index in [0.29, 0.717) is 18.8 Å². The van der Waals surface area contributed by atoms with Crippen LogP contribution in [0.4, 0.5) is 11.4 Å². The summed E-state index contributed by atoms with van der Waals surface area (Å²) in [5.74, 6) is 0. The highest BCUT2D eigenvalue weighted by molar-refractivity contribution is 14.1. The standard InChI is InChI=1S/C12H15IN2O3/c1-2-5-12(16)7-14(8-12)10-4-3-9(13)6-11(10)15(17)18/h3-4,6,16H,2,5,7-8H2,1H3. The minimum absolute atomic E-state index is 0.112. The number of nitrogens with zero attached hydrogens (tertiary/aromatic N) is 2. The second-order valence-corrected chi connectivity index (χ2v) is 5.97. The predicted octanol–water partition coefficient (Wildman–Crippen LogP) is 2.55. The lowest BCUT2D eigenvalue weighted by Gasteiger charge is -2.47. The Bertz CT molecular complexity index is 472. The van der Waals surface area contributed by atoms with Crippen LogP contribution < -0.4 is 4.90 Å². The number of rotatable bonds is 4. The first kappa shape index (κ1) is 13.5. The summed E-state index contributed by atoms with van der Waals surface area (Å²) >= 11 is 2.06. The van der Waals surface area contributed by atoms with Crippen molar-refractivity contribution in [2.75, 3.05) is 18.0 Å². The SMILES string of the molecule is CCCC1(O)CN(c2ccc(I)cc2[N+](=O)[O-])C1. The summed E-state index contributed by atoms with van der Waals surface area (Å²) in [7, 11) is 0. The van der Waals surface area contributed by atoms with Crippen molar-refractivity contribution in [2.45, 2.75) is 25.4 Å². The van der Waals surface area contributed by atoms with Crippen LogP contribution in [0.2, 0.25) is 0 Å². The van der Waals surface area contributed by atoms with E-state index in [1.165, 1.54) is 0 Å². The van der Waals surface area contributed by atoms with Gasteiger partial charge in [-0.15, -0.1) is 0 Å². The average molecular weight is 362 g/mol. The van der Waals surface area contributed by atoms with Crippen LogP contribution in [-0.4, -0.2) is 28.7 Å². The number of β-amino-alcohol motifs (C(OH)–C–C–N with tert-alkyl or cyclic N) is 1. The summed E-state index contributed by atoms with van der Waals surface area (Å²) in [5.41, 5.74) is 0.0349. The van der Waals surface area contributed by atoms with Crippen LogP contribution in [-0.2, 0) is 0 Å². The Balaban J connectivity index is 2.19. The second-order valence-electron chi connectivity index (χ2n) is 4.72. The molecule has 0 spiro atoms. The Labute approximate surface area is 119 Å². The molecule has 0 unspecified atom stereocenters. The predicted molar refractivity (Wildman–Crippen MR) is 77.9 cm³/mol. The van der Waals surface area contributed by atoms with E-state index in [-0.39, 0.29) is 10.6 Å². The van der Waals surface area contributed by atoms with E-state index in [1.54, 1.807) is 12.1 Å².